The van der Waals surface area contributed by atoms with Gasteiger partial charge in [-0.2, -0.15) is 4.68 Å². The number of hydrogen-bond acceptors (Lipinski definition) is 4. The van der Waals surface area contributed by atoms with E-state index < -0.39 is 0 Å². The van der Waals surface area contributed by atoms with Crippen molar-refractivity contribution < 1.29 is 0 Å². The molecule has 21 heavy (non-hydrogen) atoms. The molecule has 3 aromatic rings. The largest absolute Gasteiger partial charge is 0.399 e. The van der Waals surface area contributed by atoms with E-state index in [1.165, 1.54) is 0 Å². The molecule has 0 aliphatic heterocycles. The van der Waals surface area contributed by atoms with Crippen molar-refractivity contribution in [2.45, 2.75) is 6.92 Å². The van der Waals surface area contributed by atoms with E-state index in [4.69, 9.17) is 28.9 Å². The molecule has 0 saturated carbocycles. The van der Waals surface area contributed by atoms with Gasteiger partial charge in [-0.05, 0) is 53.2 Å². The van der Waals surface area contributed by atoms with Gasteiger partial charge in [-0.25, -0.2) is 0 Å². The zero-order valence-electron chi connectivity index (χ0n) is 11.1. The van der Waals surface area contributed by atoms with Crippen molar-refractivity contribution in [3.05, 3.63) is 52.0 Å². The Morgan fingerprint density at radius 2 is 1.86 bits per heavy atom. The van der Waals surface area contributed by atoms with Crippen LogP contribution < -0.4 is 5.73 Å². The second-order valence-corrected chi connectivity index (χ2v) is 5.40. The maximum atomic E-state index is 6.21. The predicted molar refractivity (Wildman–Crippen MR) is 83.8 cm³/mol. The van der Waals surface area contributed by atoms with Crippen LogP contribution in [0.1, 0.15) is 5.56 Å². The standard InChI is InChI=1S/C14H11Cl2N5/c1-8-2-4-10(7-13(8)16)21-14(18-19-20-21)11-6-9(17)3-5-12(11)15/h2-7H,17H2,1H3. The van der Waals surface area contributed by atoms with Crippen LogP contribution in [0.15, 0.2) is 36.4 Å². The quantitative estimate of drug-likeness (QED) is 0.733. The fourth-order valence-corrected chi connectivity index (χ4v) is 2.33. The first-order valence-corrected chi connectivity index (χ1v) is 6.92. The van der Waals surface area contributed by atoms with Crippen molar-refractivity contribution >= 4 is 28.9 Å². The van der Waals surface area contributed by atoms with Gasteiger partial charge < -0.3 is 5.73 Å². The van der Waals surface area contributed by atoms with Crippen molar-refractivity contribution in [3.63, 3.8) is 0 Å². The zero-order chi connectivity index (χ0) is 15.0. The van der Waals surface area contributed by atoms with E-state index in [9.17, 15) is 0 Å². The van der Waals surface area contributed by atoms with Gasteiger partial charge in [-0.3, -0.25) is 0 Å². The first-order chi connectivity index (χ1) is 10.1. The smallest absolute Gasteiger partial charge is 0.188 e. The third-order valence-electron chi connectivity index (χ3n) is 3.10. The van der Waals surface area contributed by atoms with E-state index in [1.807, 2.05) is 19.1 Å². The number of aromatic nitrogens is 4. The number of benzene rings is 2. The number of nitrogens with two attached hydrogens (primary N) is 1. The summed E-state index contributed by atoms with van der Waals surface area (Å²) in [6.45, 7) is 1.93. The Balaban J connectivity index is 2.17. The second-order valence-electron chi connectivity index (χ2n) is 4.59. The van der Waals surface area contributed by atoms with Crippen molar-refractivity contribution in [2.24, 2.45) is 0 Å². The summed E-state index contributed by atoms with van der Waals surface area (Å²) in [5.74, 6) is 0.507. The molecule has 7 heteroatoms. The lowest BCUT2D eigenvalue weighted by molar-refractivity contribution is 0.791. The van der Waals surface area contributed by atoms with Crippen LogP contribution in [-0.4, -0.2) is 20.2 Å². The van der Waals surface area contributed by atoms with Gasteiger partial charge in [0.2, 0.25) is 0 Å². The lowest BCUT2D eigenvalue weighted by atomic mass is 10.1. The van der Waals surface area contributed by atoms with Crippen LogP contribution in [-0.2, 0) is 0 Å². The third kappa shape index (κ3) is 2.57. The molecule has 3 rings (SSSR count). The van der Waals surface area contributed by atoms with E-state index in [-0.39, 0.29) is 0 Å². The molecule has 1 aromatic heterocycles. The van der Waals surface area contributed by atoms with Crippen molar-refractivity contribution in [3.8, 4) is 17.1 Å². The van der Waals surface area contributed by atoms with Crippen LogP contribution >= 0.6 is 23.2 Å². The summed E-state index contributed by atoms with van der Waals surface area (Å²) in [4.78, 5) is 0. The van der Waals surface area contributed by atoms with Crippen LogP contribution in [0, 0.1) is 6.92 Å². The summed E-state index contributed by atoms with van der Waals surface area (Å²) in [6, 6.07) is 10.8. The molecule has 2 N–H and O–H groups in total. The Labute approximate surface area is 131 Å². The van der Waals surface area contributed by atoms with Crippen molar-refractivity contribution in [2.75, 3.05) is 5.73 Å². The average molecular weight is 320 g/mol. The molecule has 0 saturated heterocycles. The molecule has 0 radical (unpaired) electrons. The topological polar surface area (TPSA) is 69.6 Å². The van der Waals surface area contributed by atoms with Crippen molar-refractivity contribution in [1.29, 1.82) is 0 Å². The minimum absolute atomic E-state index is 0.507. The van der Waals surface area contributed by atoms with Gasteiger partial charge in [0.25, 0.3) is 0 Å². The molecule has 0 spiro atoms. The molecule has 106 valence electrons. The summed E-state index contributed by atoms with van der Waals surface area (Å²) < 4.78 is 1.58. The first-order valence-electron chi connectivity index (χ1n) is 6.16. The molecule has 2 aromatic carbocycles. The number of hydrogen-bond donors (Lipinski definition) is 1. The summed E-state index contributed by atoms with van der Waals surface area (Å²) >= 11 is 12.4. The second kappa shape index (κ2) is 5.35. The minimum atomic E-state index is 0.507. The highest BCUT2D eigenvalue weighted by Gasteiger charge is 2.14. The van der Waals surface area contributed by atoms with Gasteiger partial charge in [0, 0.05) is 16.3 Å². The Hall–Kier alpha value is -2.11. The fourth-order valence-electron chi connectivity index (χ4n) is 1.96. The molecule has 0 amide bonds. The zero-order valence-corrected chi connectivity index (χ0v) is 12.6. The number of nitrogens with zero attached hydrogens (tertiary/aromatic N) is 4. The average Bonchev–Trinajstić information content (AvgIpc) is 2.93. The first kappa shape index (κ1) is 13.9. The lowest BCUT2D eigenvalue weighted by Gasteiger charge is -2.08. The monoisotopic (exact) mass is 319 g/mol. The summed E-state index contributed by atoms with van der Waals surface area (Å²) in [7, 11) is 0. The fraction of sp³-hybridized carbons (Fsp3) is 0.0714. The molecule has 0 bridgehead atoms. The Bertz CT molecular complexity index is 813. The lowest BCUT2D eigenvalue weighted by Crippen LogP contribution is -2.01. The highest BCUT2D eigenvalue weighted by Crippen LogP contribution is 2.30. The molecule has 0 fully saturated rings. The van der Waals surface area contributed by atoms with E-state index >= 15 is 0 Å². The molecule has 0 aliphatic carbocycles. The van der Waals surface area contributed by atoms with Gasteiger partial charge in [0.1, 0.15) is 0 Å². The Morgan fingerprint density at radius 1 is 1.05 bits per heavy atom. The van der Waals surface area contributed by atoms with E-state index in [1.54, 1.807) is 28.9 Å². The van der Waals surface area contributed by atoms with Gasteiger partial charge in [-0.15, -0.1) is 5.10 Å². The molecule has 5 nitrogen and oxygen atoms in total. The van der Waals surface area contributed by atoms with Crippen LogP contribution in [0.25, 0.3) is 17.1 Å². The molecule has 0 aliphatic rings. The minimum Gasteiger partial charge on any atom is -0.399 e. The number of tetrazole rings is 1. The normalized spacial score (nSPS) is 10.8. The van der Waals surface area contributed by atoms with E-state index in [0.29, 0.717) is 27.1 Å². The Kier molecular flexibility index (Phi) is 3.53. The van der Waals surface area contributed by atoms with Crippen molar-refractivity contribution in [1.82, 2.24) is 20.2 Å². The maximum Gasteiger partial charge on any atom is 0.188 e. The number of halogens is 2. The molecule has 1 heterocycles. The van der Waals surface area contributed by atoms with Gasteiger partial charge >= 0.3 is 0 Å². The summed E-state index contributed by atoms with van der Waals surface area (Å²) in [5.41, 5.74) is 8.80. The highest BCUT2D eigenvalue weighted by atomic mass is 35.5. The van der Waals surface area contributed by atoms with E-state index in [2.05, 4.69) is 15.5 Å². The van der Waals surface area contributed by atoms with E-state index in [0.717, 1.165) is 11.3 Å². The maximum absolute atomic E-state index is 6.21. The van der Waals surface area contributed by atoms with Crippen LogP contribution in [0.3, 0.4) is 0 Å². The Morgan fingerprint density at radius 3 is 2.62 bits per heavy atom. The molecular weight excluding hydrogens is 309 g/mol. The van der Waals surface area contributed by atoms with Gasteiger partial charge in [-0.1, -0.05) is 29.3 Å². The van der Waals surface area contributed by atoms with Crippen LogP contribution in [0.5, 0.6) is 0 Å². The molecule has 0 unspecified atom stereocenters. The SMILES string of the molecule is Cc1ccc(-n2nnnc2-c2cc(N)ccc2Cl)cc1Cl. The number of nitrogen functional groups attached to an aromatic ring is 1. The third-order valence-corrected chi connectivity index (χ3v) is 3.84. The van der Waals surface area contributed by atoms with Crippen LogP contribution in [0.2, 0.25) is 10.0 Å². The number of rotatable bonds is 2. The predicted octanol–water partition coefficient (Wildman–Crippen LogP) is 3.53. The number of anilines is 1. The summed E-state index contributed by atoms with van der Waals surface area (Å²) in [6.07, 6.45) is 0. The highest BCUT2D eigenvalue weighted by molar-refractivity contribution is 6.33. The summed E-state index contributed by atoms with van der Waals surface area (Å²) in [5, 5.41) is 12.9. The van der Waals surface area contributed by atoms with Crippen LogP contribution in [0.4, 0.5) is 5.69 Å². The molecular formula is C14H11Cl2N5. The number of aryl methyl sites for hydroxylation is 1. The van der Waals surface area contributed by atoms with Gasteiger partial charge in [0.15, 0.2) is 5.82 Å². The molecule has 0 atom stereocenters. The van der Waals surface area contributed by atoms with Gasteiger partial charge in [0.05, 0.1) is 10.7 Å².